The molecule has 0 aliphatic carbocycles. The molecule has 0 unspecified atom stereocenters. The summed E-state index contributed by atoms with van der Waals surface area (Å²) in [5.74, 6) is -1.36. The van der Waals surface area contributed by atoms with Crippen molar-refractivity contribution in [3.63, 3.8) is 0 Å². The van der Waals surface area contributed by atoms with Gasteiger partial charge in [0.25, 0.3) is 0 Å². The number of nitrogens with zero attached hydrogens (tertiary/aromatic N) is 1. The van der Waals surface area contributed by atoms with Gasteiger partial charge in [0, 0.05) is 42.3 Å². The number of morpholine rings is 1. The SMILES string of the molecule is C[C@H]1CN([C@@H](CNCc2cc(F)ccc2F)c2c(F)cccc2Cl)CCO1. The van der Waals surface area contributed by atoms with E-state index in [0.29, 0.717) is 36.8 Å². The van der Waals surface area contributed by atoms with E-state index < -0.39 is 11.6 Å². The largest absolute Gasteiger partial charge is 0.376 e. The van der Waals surface area contributed by atoms with Crippen LogP contribution in [0.15, 0.2) is 36.4 Å². The monoisotopic (exact) mass is 398 g/mol. The minimum absolute atomic E-state index is 0.0208. The summed E-state index contributed by atoms with van der Waals surface area (Å²) in [6.07, 6.45) is 0.0208. The topological polar surface area (TPSA) is 24.5 Å². The van der Waals surface area contributed by atoms with Gasteiger partial charge in [-0.15, -0.1) is 0 Å². The number of ether oxygens (including phenoxy) is 1. The van der Waals surface area contributed by atoms with Gasteiger partial charge in [0.15, 0.2) is 0 Å². The van der Waals surface area contributed by atoms with Crippen molar-refractivity contribution in [2.75, 3.05) is 26.2 Å². The molecule has 1 saturated heterocycles. The molecule has 1 N–H and O–H groups in total. The highest BCUT2D eigenvalue weighted by atomic mass is 35.5. The van der Waals surface area contributed by atoms with Gasteiger partial charge >= 0.3 is 0 Å². The molecule has 1 fully saturated rings. The second-order valence-electron chi connectivity index (χ2n) is 6.69. The van der Waals surface area contributed by atoms with Crippen LogP contribution in [0.5, 0.6) is 0 Å². The van der Waals surface area contributed by atoms with Crippen molar-refractivity contribution in [3.8, 4) is 0 Å². The summed E-state index contributed by atoms with van der Waals surface area (Å²) in [5, 5.41) is 3.47. The van der Waals surface area contributed by atoms with E-state index in [1.807, 2.05) is 6.92 Å². The quantitative estimate of drug-likeness (QED) is 0.784. The van der Waals surface area contributed by atoms with Crippen LogP contribution in [0.1, 0.15) is 24.1 Å². The molecule has 27 heavy (non-hydrogen) atoms. The molecular weight excluding hydrogens is 377 g/mol. The van der Waals surface area contributed by atoms with E-state index in [4.69, 9.17) is 16.3 Å². The fourth-order valence-corrected chi connectivity index (χ4v) is 3.68. The predicted molar refractivity (Wildman–Crippen MR) is 99.2 cm³/mol. The Morgan fingerprint density at radius 3 is 2.78 bits per heavy atom. The zero-order valence-electron chi connectivity index (χ0n) is 15.0. The van der Waals surface area contributed by atoms with E-state index in [2.05, 4.69) is 10.2 Å². The smallest absolute Gasteiger partial charge is 0.129 e. The van der Waals surface area contributed by atoms with Crippen LogP contribution in [0.25, 0.3) is 0 Å². The van der Waals surface area contributed by atoms with Crippen LogP contribution < -0.4 is 5.32 Å². The van der Waals surface area contributed by atoms with Gasteiger partial charge < -0.3 is 10.1 Å². The summed E-state index contributed by atoms with van der Waals surface area (Å²) in [6.45, 7) is 4.24. The van der Waals surface area contributed by atoms with Crippen LogP contribution in [0.4, 0.5) is 13.2 Å². The number of rotatable bonds is 6. The predicted octanol–water partition coefficient (Wildman–Crippen LogP) is 4.31. The van der Waals surface area contributed by atoms with Crippen LogP contribution in [0.3, 0.4) is 0 Å². The summed E-state index contributed by atoms with van der Waals surface area (Å²) in [6, 6.07) is 7.59. The first-order valence-electron chi connectivity index (χ1n) is 8.90. The molecule has 2 atom stereocenters. The highest BCUT2D eigenvalue weighted by Gasteiger charge is 2.29. The lowest BCUT2D eigenvalue weighted by molar-refractivity contribution is -0.0349. The van der Waals surface area contributed by atoms with Gasteiger partial charge in [-0.2, -0.15) is 0 Å². The normalized spacial score (nSPS) is 19.2. The van der Waals surface area contributed by atoms with E-state index in [-0.39, 0.29) is 30.1 Å². The van der Waals surface area contributed by atoms with Crippen molar-refractivity contribution in [2.45, 2.75) is 25.6 Å². The highest BCUT2D eigenvalue weighted by molar-refractivity contribution is 6.31. The number of benzene rings is 2. The highest BCUT2D eigenvalue weighted by Crippen LogP contribution is 2.31. The van der Waals surface area contributed by atoms with Gasteiger partial charge in [-0.05, 0) is 37.3 Å². The molecule has 1 heterocycles. The summed E-state index contributed by atoms with van der Waals surface area (Å²) in [7, 11) is 0. The zero-order chi connectivity index (χ0) is 19.4. The van der Waals surface area contributed by atoms with Crippen molar-refractivity contribution >= 4 is 11.6 Å². The molecule has 2 aromatic carbocycles. The molecule has 2 aromatic rings. The first-order chi connectivity index (χ1) is 13.0. The Morgan fingerprint density at radius 1 is 1.22 bits per heavy atom. The molecule has 0 saturated carbocycles. The van der Waals surface area contributed by atoms with Gasteiger partial charge in [-0.25, -0.2) is 13.2 Å². The lowest BCUT2D eigenvalue weighted by Crippen LogP contribution is -2.46. The van der Waals surface area contributed by atoms with Crippen LogP contribution >= 0.6 is 11.6 Å². The third kappa shape index (κ3) is 5.02. The van der Waals surface area contributed by atoms with Gasteiger partial charge in [-0.1, -0.05) is 17.7 Å². The maximum atomic E-state index is 14.5. The fourth-order valence-electron chi connectivity index (χ4n) is 3.39. The zero-order valence-corrected chi connectivity index (χ0v) is 15.8. The van der Waals surface area contributed by atoms with Gasteiger partial charge in [-0.3, -0.25) is 4.90 Å². The van der Waals surface area contributed by atoms with Gasteiger partial charge in [0.05, 0.1) is 18.8 Å². The molecule has 0 radical (unpaired) electrons. The van der Waals surface area contributed by atoms with E-state index in [1.165, 1.54) is 6.07 Å². The maximum Gasteiger partial charge on any atom is 0.129 e. The summed E-state index contributed by atoms with van der Waals surface area (Å²) in [5.41, 5.74) is 0.629. The second kappa shape index (κ2) is 9.06. The third-order valence-electron chi connectivity index (χ3n) is 4.71. The minimum Gasteiger partial charge on any atom is -0.376 e. The summed E-state index contributed by atoms with van der Waals surface area (Å²) >= 11 is 6.29. The number of hydrogen-bond donors (Lipinski definition) is 1. The maximum absolute atomic E-state index is 14.5. The molecule has 0 amide bonds. The molecule has 7 heteroatoms. The fraction of sp³-hybridized carbons (Fsp3) is 0.400. The molecule has 0 spiro atoms. The second-order valence-corrected chi connectivity index (χ2v) is 7.10. The molecule has 1 aliphatic heterocycles. The lowest BCUT2D eigenvalue weighted by atomic mass is 10.0. The van der Waals surface area contributed by atoms with Crippen LogP contribution in [-0.4, -0.2) is 37.2 Å². The van der Waals surface area contributed by atoms with E-state index in [9.17, 15) is 13.2 Å². The molecule has 3 nitrogen and oxygen atoms in total. The first kappa shape index (κ1) is 20.1. The van der Waals surface area contributed by atoms with Crippen molar-refractivity contribution in [1.82, 2.24) is 10.2 Å². The Kier molecular flexibility index (Phi) is 6.76. The van der Waals surface area contributed by atoms with E-state index >= 15 is 0 Å². The van der Waals surface area contributed by atoms with Crippen LogP contribution in [0.2, 0.25) is 5.02 Å². The third-order valence-corrected chi connectivity index (χ3v) is 5.04. The molecule has 1 aliphatic rings. The van der Waals surface area contributed by atoms with Gasteiger partial charge in [0.1, 0.15) is 17.5 Å². The molecule has 146 valence electrons. The van der Waals surface area contributed by atoms with Crippen LogP contribution in [-0.2, 0) is 11.3 Å². The van der Waals surface area contributed by atoms with E-state index in [0.717, 1.165) is 18.2 Å². The number of hydrogen-bond acceptors (Lipinski definition) is 3. The first-order valence-corrected chi connectivity index (χ1v) is 9.27. The average Bonchev–Trinajstić information content (AvgIpc) is 2.63. The Balaban J connectivity index is 1.78. The van der Waals surface area contributed by atoms with Crippen molar-refractivity contribution in [2.24, 2.45) is 0 Å². The number of nitrogens with one attached hydrogen (secondary N) is 1. The van der Waals surface area contributed by atoms with Crippen LogP contribution in [0, 0.1) is 17.5 Å². The molecular formula is C20H22ClF3N2O. The summed E-state index contributed by atoms with van der Waals surface area (Å²) in [4.78, 5) is 2.10. The average molecular weight is 399 g/mol. The Hall–Kier alpha value is -1.60. The molecule has 0 bridgehead atoms. The molecule has 3 rings (SSSR count). The Bertz CT molecular complexity index is 770. The standard InChI is InChI=1S/C20H22ClF3N2O/c1-13-12-26(7-8-27-13)19(20-16(21)3-2-4-18(20)24)11-25-10-14-9-15(22)5-6-17(14)23/h2-6,9,13,19,25H,7-8,10-12H2,1H3/t13-,19-/m0/s1. The Labute approximate surface area is 162 Å². The number of halogens is 4. The summed E-state index contributed by atoms with van der Waals surface area (Å²) < 4.78 is 47.3. The minimum atomic E-state index is -0.496. The van der Waals surface area contributed by atoms with Crippen molar-refractivity contribution in [1.29, 1.82) is 0 Å². The van der Waals surface area contributed by atoms with E-state index in [1.54, 1.807) is 12.1 Å². The Morgan fingerprint density at radius 2 is 2.04 bits per heavy atom. The lowest BCUT2D eigenvalue weighted by Gasteiger charge is -2.38. The van der Waals surface area contributed by atoms with Gasteiger partial charge in [0.2, 0.25) is 0 Å². The van der Waals surface area contributed by atoms with Crippen molar-refractivity contribution < 1.29 is 17.9 Å². The molecule has 0 aromatic heterocycles. The van der Waals surface area contributed by atoms with Crippen molar-refractivity contribution in [3.05, 3.63) is 70.0 Å².